The minimum Gasteiger partial charge on any atom is -0.115 e. The van der Waals surface area contributed by atoms with Crippen LogP contribution in [-0.2, 0) is 0 Å². The van der Waals surface area contributed by atoms with E-state index >= 15 is 0 Å². The summed E-state index contributed by atoms with van der Waals surface area (Å²) in [6, 6.07) is 24.5. The van der Waals surface area contributed by atoms with Crippen molar-refractivity contribution in [3.63, 3.8) is 0 Å². The predicted molar refractivity (Wildman–Crippen MR) is 130 cm³/mol. The molecule has 0 spiro atoms. The third-order valence-corrected chi connectivity index (χ3v) is 16.4. The minimum atomic E-state index is -1.38. The van der Waals surface area contributed by atoms with Gasteiger partial charge in [-0.1, -0.05) is 51.1 Å². The molecule has 0 bridgehead atoms. The van der Waals surface area contributed by atoms with Crippen molar-refractivity contribution >= 4 is 73.6 Å². The molecular formula is C22H22S4. The molecule has 0 nitrogen and oxygen atoms in total. The lowest BCUT2D eigenvalue weighted by atomic mass is 10.00. The van der Waals surface area contributed by atoms with E-state index in [9.17, 15) is 0 Å². The SMILES string of the molecule is CC(C)(C)S(S)(SS)c1ccc2cc3cc4ccccc4cc3cc2c1. The highest BCUT2D eigenvalue weighted by Gasteiger charge is 2.35. The normalized spacial score (nSPS) is 16.0. The topological polar surface area (TPSA) is 0 Å². The average Bonchev–Trinajstić information content (AvgIpc) is 2.62. The Bertz CT molecular complexity index is 1130. The van der Waals surface area contributed by atoms with E-state index in [-0.39, 0.29) is 4.75 Å². The lowest BCUT2D eigenvalue weighted by Crippen LogP contribution is -2.18. The van der Waals surface area contributed by atoms with Crippen LogP contribution in [0.15, 0.2) is 71.6 Å². The molecule has 4 rings (SSSR count). The number of fused-ring (bicyclic) bond motifs is 3. The molecule has 0 saturated carbocycles. The zero-order valence-electron chi connectivity index (χ0n) is 15.1. The fraction of sp³-hybridized carbons (Fsp3) is 0.182. The molecule has 0 saturated heterocycles. The third-order valence-electron chi connectivity index (χ3n) is 4.89. The van der Waals surface area contributed by atoms with Gasteiger partial charge in [0.05, 0.1) is 0 Å². The van der Waals surface area contributed by atoms with E-state index in [1.165, 1.54) is 37.2 Å². The maximum atomic E-state index is 5.11. The average molecular weight is 415 g/mol. The van der Waals surface area contributed by atoms with Crippen LogP contribution in [-0.4, -0.2) is 4.75 Å². The van der Waals surface area contributed by atoms with Gasteiger partial charge in [0, 0.05) is 9.64 Å². The molecule has 0 radical (unpaired) electrons. The largest absolute Gasteiger partial charge is 0.115 e. The number of hydrogen-bond donors (Lipinski definition) is 2. The van der Waals surface area contributed by atoms with Gasteiger partial charge in [-0.25, -0.2) is 0 Å². The maximum absolute atomic E-state index is 5.11. The molecule has 134 valence electrons. The lowest BCUT2D eigenvalue weighted by molar-refractivity contribution is 0.799. The van der Waals surface area contributed by atoms with Gasteiger partial charge in [0.15, 0.2) is 0 Å². The molecule has 4 heteroatoms. The summed E-state index contributed by atoms with van der Waals surface area (Å²) in [6.45, 7) is 6.74. The number of thiol groups is 2. The van der Waals surface area contributed by atoms with Crippen molar-refractivity contribution in [3.05, 3.63) is 66.7 Å². The van der Waals surface area contributed by atoms with E-state index in [0.29, 0.717) is 0 Å². The van der Waals surface area contributed by atoms with E-state index in [1.807, 2.05) is 0 Å². The van der Waals surface area contributed by atoms with Crippen molar-refractivity contribution in [1.29, 1.82) is 0 Å². The van der Waals surface area contributed by atoms with Gasteiger partial charge in [-0.3, -0.25) is 0 Å². The van der Waals surface area contributed by atoms with Crippen molar-refractivity contribution in [3.8, 4) is 0 Å². The Labute approximate surface area is 170 Å². The first-order chi connectivity index (χ1) is 12.3. The second-order valence-corrected chi connectivity index (χ2v) is 16.2. The van der Waals surface area contributed by atoms with E-state index in [0.717, 1.165) is 0 Å². The second-order valence-electron chi connectivity index (χ2n) is 7.62. The van der Waals surface area contributed by atoms with E-state index in [4.69, 9.17) is 11.7 Å². The minimum absolute atomic E-state index is 0.0588. The molecule has 0 N–H and O–H groups in total. The van der Waals surface area contributed by atoms with Crippen LogP contribution in [0.5, 0.6) is 0 Å². The number of hydrogen-bond acceptors (Lipinski definition) is 3. The summed E-state index contributed by atoms with van der Waals surface area (Å²) >= 11 is 9.68. The molecule has 1 atom stereocenters. The molecule has 0 aliphatic heterocycles. The zero-order chi connectivity index (χ0) is 18.5. The molecule has 4 aromatic rings. The van der Waals surface area contributed by atoms with Crippen LogP contribution in [0.2, 0.25) is 0 Å². The van der Waals surface area contributed by atoms with Crippen molar-refractivity contribution < 1.29 is 0 Å². The third kappa shape index (κ3) is 3.01. The van der Waals surface area contributed by atoms with Gasteiger partial charge in [0.2, 0.25) is 0 Å². The number of benzene rings is 4. The number of rotatable bonds is 2. The molecule has 0 aliphatic carbocycles. The molecule has 1 unspecified atom stereocenters. The summed E-state index contributed by atoms with van der Waals surface area (Å²) in [6.07, 6.45) is 0. The van der Waals surface area contributed by atoms with E-state index in [1.54, 1.807) is 9.83 Å². The van der Waals surface area contributed by atoms with Crippen LogP contribution in [0.3, 0.4) is 0 Å². The van der Waals surface area contributed by atoms with Crippen LogP contribution < -0.4 is 0 Å². The Hall–Kier alpha value is -0.940. The maximum Gasteiger partial charge on any atom is 0.0135 e. The first kappa shape index (κ1) is 18.4. The molecule has 0 fully saturated rings. The van der Waals surface area contributed by atoms with Crippen molar-refractivity contribution in [2.75, 3.05) is 0 Å². The van der Waals surface area contributed by atoms with Gasteiger partial charge >= 0.3 is 0 Å². The molecule has 0 amide bonds. The smallest absolute Gasteiger partial charge is 0.0135 e. The Morgan fingerprint density at radius 3 is 1.65 bits per heavy atom. The molecule has 4 aromatic carbocycles. The van der Waals surface area contributed by atoms with Crippen LogP contribution in [0.4, 0.5) is 0 Å². The Kier molecular flexibility index (Phi) is 4.67. The highest BCUT2D eigenvalue weighted by Crippen LogP contribution is 2.78. The predicted octanol–water partition coefficient (Wildman–Crippen LogP) is 8.45. The van der Waals surface area contributed by atoms with Crippen molar-refractivity contribution in [2.24, 2.45) is 0 Å². The Balaban J connectivity index is 1.95. The fourth-order valence-corrected chi connectivity index (χ4v) is 9.27. The first-order valence-electron chi connectivity index (χ1n) is 8.56. The fourth-order valence-electron chi connectivity index (χ4n) is 3.35. The monoisotopic (exact) mass is 414 g/mol. The van der Waals surface area contributed by atoms with Gasteiger partial charge in [0.1, 0.15) is 0 Å². The quantitative estimate of drug-likeness (QED) is 0.188. The molecular weight excluding hydrogens is 393 g/mol. The van der Waals surface area contributed by atoms with Crippen molar-refractivity contribution in [2.45, 2.75) is 30.4 Å². The Morgan fingerprint density at radius 2 is 1.15 bits per heavy atom. The zero-order valence-corrected chi connectivity index (χ0v) is 18.5. The van der Waals surface area contributed by atoms with Gasteiger partial charge < -0.3 is 0 Å². The summed E-state index contributed by atoms with van der Waals surface area (Å²) in [7, 11) is 0.212. The summed E-state index contributed by atoms with van der Waals surface area (Å²) < 4.78 is 0.0588. The second kappa shape index (κ2) is 6.59. The lowest BCUT2D eigenvalue weighted by Gasteiger charge is -2.44. The highest BCUT2D eigenvalue weighted by atomic mass is 33.7. The van der Waals surface area contributed by atoms with Gasteiger partial charge in [-0.05, 0) is 78.5 Å². The molecule has 0 heterocycles. The first-order valence-corrected chi connectivity index (χ1v) is 13.6. The highest BCUT2D eigenvalue weighted by molar-refractivity contribution is 9.34. The van der Waals surface area contributed by atoms with E-state index < -0.39 is 8.09 Å². The van der Waals surface area contributed by atoms with Crippen LogP contribution >= 0.6 is 41.2 Å². The summed E-state index contributed by atoms with van der Waals surface area (Å²) in [5, 5.41) is 7.67. The van der Waals surface area contributed by atoms with Crippen LogP contribution in [0.1, 0.15) is 20.8 Å². The van der Waals surface area contributed by atoms with Gasteiger partial charge in [0.25, 0.3) is 0 Å². The van der Waals surface area contributed by atoms with Gasteiger partial charge in [-0.15, -0.1) is 31.4 Å². The van der Waals surface area contributed by atoms with Crippen LogP contribution in [0.25, 0.3) is 32.3 Å². The molecule has 0 aliphatic rings. The van der Waals surface area contributed by atoms with Crippen molar-refractivity contribution in [1.82, 2.24) is 0 Å². The van der Waals surface area contributed by atoms with Gasteiger partial charge in [-0.2, -0.15) is 0 Å². The summed E-state index contributed by atoms with van der Waals surface area (Å²) in [5.41, 5.74) is 0. The summed E-state index contributed by atoms with van der Waals surface area (Å²) in [4.78, 5) is 1.28. The van der Waals surface area contributed by atoms with Crippen LogP contribution in [0, 0.1) is 0 Å². The molecule has 0 aromatic heterocycles. The standard InChI is InChI=1S/C22H22S4/c1-22(2,3)26(24,25-23)21-9-8-17-12-18-10-15-6-4-5-7-16(15)11-19(18)13-20(17)14-21/h4-14,23-24H,1-3H3. The summed E-state index contributed by atoms with van der Waals surface area (Å²) in [5.74, 6) is 0. The molecule has 26 heavy (non-hydrogen) atoms. The van der Waals surface area contributed by atoms with E-state index in [2.05, 4.69) is 99.2 Å². The Morgan fingerprint density at radius 1 is 0.692 bits per heavy atom.